The van der Waals surface area contributed by atoms with Crippen LogP contribution >= 0.6 is 11.6 Å². The molecular formula is C12H13ClN2O. The zero-order valence-corrected chi connectivity index (χ0v) is 10.0. The molecule has 0 fully saturated rings. The molecule has 1 aromatic heterocycles. The Hall–Kier alpha value is -1.48. The standard InChI is InChI=1S/C12H13ClN2O/c1-8-12(15-11(7-13)14-8)9-5-3-4-6-10(9)16-2/h3-6H,7H2,1-2H3,(H,14,15). The van der Waals surface area contributed by atoms with E-state index >= 15 is 0 Å². The number of nitrogens with one attached hydrogen (secondary N) is 1. The summed E-state index contributed by atoms with van der Waals surface area (Å²) < 4.78 is 5.31. The van der Waals surface area contributed by atoms with E-state index in [2.05, 4.69) is 9.97 Å². The fourth-order valence-electron chi connectivity index (χ4n) is 1.69. The second kappa shape index (κ2) is 4.58. The number of aryl methyl sites for hydroxylation is 1. The Morgan fingerprint density at radius 3 is 2.75 bits per heavy atom. The molecule has 0 bridgehead atoms. The quantitative estimate of drug-likeness (QED) is 0.832. The summed E-state index contributed by atoms with van der Waals surface area (Å²) in [5, 5.41) is 0. The summed E-state index contributed by atoms with van der Waals surface area (Å²) in [5.74, 6) is 1.98. The van der Waals surface area contributed by atoms with E-state index in [1.165, 1.54) is 0 Å². The molecule has 2 rings (SSSR count). The second-order valence-electron chi connectivity index (χ2n) is 3.49. The molecule has 0 radical (unpaired) electrons. The summed E-state index contributed by atoms with van der Waals surface area (Å²) in [7, 11) is 1.66. The minimum Gasteiger partial charge on any atom is -0.496 e. The molecule has 3 nitrogen and oxygen atoms in total. The number of methoxy groups -OCH3 is 1. The average Bonchev–Trinajstić information content (AvgIpc) is 2.70. The van der Waals surface area contributed by atoms with Crippen LogP contribution in [0.4, 0.5) is 0 Å². The lowest BCUT2D eigenvalue weighted by molar-refractivity contribution is 0.416. The lowest BCUT2D eigenvalue weighted by Gasteiger charge is -2.05. The Labute approximate surface area is 99.4 Å². The van der Waals surface area contributed by atoms with Crippen LogP contribution in [0.25, 0.3) is 11.3 Å². The number of benzene rings is 1. The van der Waals surface area contributed by atoms with Crippen LogP contribution in [0.15, 0.2) is 24.3 Å². The first-order chi connectivity index (χ1) is 7.76. The smallest absolute Gasteiger partial charge is 0.128 e. The third-order valence-corrected chi connectivity index (χ3v) is 2.68. The van der Waals surface area contributed by atoms with E-state index in [1.54, 1.807) is 7.11 Å². The highest BCUT2D eigenvalue weighted by atomic mass is 35.5. The van der Waals surface area contributed by atoms with Crippen LogP contribution in [0.2, 0.25) is 0 Å². The summed E-state index contributed by atoms with van der Waals surface area (Å²) in [6.45, 7) is 1.98. The first-order valence-electron chi connectivity index (χ1n) is 5.01. The number of ether oxygens (including phenoxy) is 1. The number of rotatable bonds is 3. The number of hydrogen-bond donors (Lipinski definition) is 1. The molecule has 0 amide bonds. The van der Waals surface area contributed by atoms with Gasteiger partial charge in [-0.15, -0.1) is 11.6 Å². The van der Waals surface area contributed by atoms with Crippen LogP contribution < -0.4 is 4.74 Å². The van der Waals surface area contributed by atoms with Crippen molar-refractivity contribution in [2.45, 2.75) is 12.8 Å². The predicted molar refractivity (Wildman–Crippen MR) is 64.9 cm³/mol. The van der Waals surface area contributed by atoms with Crippen molar-refractivity contribution in [2.75, 3.05) is 7.11 Å². The number of aromatic nitrogens is 2. The molecule has 0 saturated heterocycles. The number of para-hydroxylation sites is 1. The molecule has 1 heterocycles. The van der Waals surface area contributed by atoms with Gasteiger partial charge in [-0.1, -0.05) is 12.1 Å². The van der Waals surface area contributed by atoms with Gasteiger partial charge in [-0.05, 0) is 19.1 Å². The maximum absolute atomic E-state index is 5.75. The lowest BCUT2D eigenvalue weighted by atomic mass is 10.1. The highest BCUT2D eigenvalue weighted by molar-refractivity contribution is 6.16. The molecule has 0 aliphatic heterocycles. The Bertz CT molecular complexity index is 494. The molecule has 0 aliphatic rings. The Balaban J connectivity index is 2.53. The lowest BCUT2D eigenvalue weighted by Crippen LogP contribution is -1.89. The number of aromatic amines is 1. The highest BCUT2D eigenvalue weighted by Gasteiger charge is 2.12. The van der Waals surface area contributed by atoms with E-state index in [1.807, 2.05) is 31.2 Å². The van der Waals surface area contributed by atoms with E-state index in [9.17, 15) is 0 Å². The van der Waals surface area contributed by atoms with Gasteiger partial charge in [-0.3, -0.25) is 0 Å². The first-order valence-corrected chi connectivity index (χ1v) is 5.54. The van der Waals surface area contributed by atoms with Crippen molar-refractivity contribution in [2.24, 2.45) is 0 Å². The van der Waals surface area contributed by atoms with Crippen molar-refractivity contribution in [3.63, 3.8) is 0 Å². The summed E-state index contributed by atoms with van der Waals surface area (Å²) in [4.78, 5) is 7.59. The normalized spacial score (nSPS) is 10.4. The number of H-pyrrole nitrogens is 1. The molecule has 0 spiro atoms. The monoisotopic (exact) mass is 236 g/mol. The van der Waals surface area contributed by atoms with Crippen molar-refractivity contribution in [3.8, 4) is 17.0 Å². The molecule has 2 aromatic rings. The maximum Gasteiger partial charge on any atom is 0.128 e. The van der Waals surface area contributed by atoms with Crippen LogP contribution in [-0.2, 0) is 5.88 Å². The van der Waals surface area contributed by atoms with Crippen LogP contribution in [-0.4, -0.2) is 17.1 Å². The summed E-state index contributed by atoms with van der Waals surface area (Å²) >= 11 is 5.75. The van der Waals surface area contributed by atoms with Gasteiger partial charge in [0.1, 0.15) is 11.6 Å². The van der Waals surface area contributed by atoms with E-state index < -0.39 is 0 Å². The molecule has 4 heteroatoms. The Morgan fingerprint density at radius 2 is 2.12 bits per heavy atom. The zero-order chi connectivity index (χ0) is 11.5. The molecule has 1 N–H and O–H groups in total. The molecule has 84 valence electrons. The molecule has 16 heavy (non-hydrogen) atoms. The van der Waals surface area contributed by atoms with Gasteiger partial charge in [0.25, 0.3) is 0 Å². The fraction of sp³-hybridized carbons (Fsp3) is 0.250. The number of hydrogen-bond acceptors (Lipinski definition) is 2. The van der Waals surface area contributed by atoms with Crippen LogP contribution in [0, 0.1) is 6.92 Å². The van der Waals surface area contributed by atoms with Crippen molar-refractivity contribution in [1.29, 1.82) is 0 Å². The number of halogens is 1. The van der Waals surface area contributed by atoms with Crippen molar-refractivity contribution in [1.82, 2.24) is 9.97 Å². The number of alkyl halides is 1. The van der Waals surface area contributed by atoms with Gasteiger partial charge in [-0.2, -0.15) is 0 Å². The van der Waals surface area contributed by atoms with Crippen molar-refractivity contribution in [3.05, 3.63) is 35.8 Å². The largest absolute Gasteiger partial charge is 0.496 e. The summed E-state index contributed by atoms with van der Waals surface area (Å²) in [6.07, 6.45) is 0. The fourth-order valence-corrected chi connectivity index (χ4v) is 1.81. The van der Waals surface area contributed by atoms with Crippen LogP contribution in [0.1, 0.15) is 11.5 Å². The van der Waals surface area contributed by atoms with E-state index in [-0.39, 0.29) is 0 Å². The molecule has 0 aliphatic carbocycles. The van der Waals surface area contributed by atoms with Gasteiger partial charge in [0, 0.05) is 11.3 Å². The van der Waals surface area contributed by atoms with Gasteiger partial charge < -0.3 is 9.72 Å². The summed E-state index contributed by atoms with van der Waals surface area (Å²) in [5.41, 5.74) is 2.88. The minimum atomic E-state index is 0.385. The Kier molecular flexibility index (Phi) is 3.15. The van der Waals surface area contributed by atoms with E-state index in [4.69, 9.17) is 16.3 Å². The molecule has 1 aromatic carbocycles. The predicted octanol–water partition coefficient (Wildman–Crippen LogP) is 3.13. The maximum atomic E-state index is 5.75. The van der Waals surface area contributed by atoms with Gasteiger partial charge >= 0.3 is 0 Å². The van der Waals surface area contributed by atoms with E-state index in [0.29, 0.717) is 5.88 Å². The average molecular weight is 237 g/mol. The van der Waals surface area contributed by atoms with Crippen molar-refractivity contribution >= 4 is 11.6 Å². The SMILES string of the molecule is COc1ccccc1-c1nc(CCl)[nH]c1C. The second-order valence-corrected chi connectivity index (χ2v) is 3.76. The van der Waals surface area contributed by atoms with Crippen molar-refractivity contribution < 1.29 is 4.74 Å². The third kappa shape index (κ3) is 1.91. The topological polar surface area (TPSA) is 37.9 Å². The highest BCUT2D eigenvalue weighted by Crippen LogP contribution is 2.30. The zero-order valence-electron chi connectivity index (χ0n) is 9.25. The minimum absolute atomic E-state index is 0.385. The van der Waals surface area contributed by atoms with Gasteiger partial charge in [0.2, 0.25) is 0 Å². The molecule has 0 saturated carbocycles. The number of nitrogens with zero attached hydrogens (tertiary/aromatic N) is 1. The first kappa shape index (κ1) is 11.0. The number of imidazole rings is 1. The Morgan fingerprint density at radius 1 is 1.38 bits per heavy atom. The summed E-state index contributed by atoms with van der Waals surface area (Å²) in [6, 6.07) is 7.81. The van der Waals surface area contributed by atoms with Gasteiger partial charge in [0.05, 0.1) is 18.7 Å². The molecule has 0 atom stereocenters. The van der Waals surface area contributed by atoms with Gasteiger partial charge in [0.15, 0.2) is 0 Å². The molecular weight excluding hydrogens is 224 g/mol. The van der Waals surface area contributed by atoms with E-state index in [0.717, 1.165) is 28.5 Å². The molecule has 0 unspecified atom stereocenters. The third-order valence-electron chi connectivity index (χ3n) is 2.42. The van der Waals surface area contributed by atoms with Crippen LogP contribution in [0.3, 0.4) is 0 Å². The van der Waals surface area contributed by atoms with Gasteiger partial charge in [-0.25, -0.2) is 4.98 Å². The van der Waals surface area contributed by atoms with Crippen LogP contribution in [0.5, 0.6) is 5.75 Å².